The molecule has 1 fully saturated rings. The van der Waals surface area contributed by atoms with Crippen LogP contribution in [-0.2, 0) is 16.0 Å². The average molecular weight is 286 g/mol. The molecule has 0 atom stereocenters. The zero-order valence-corrected chi connectivity index (χ0v) is 12.7. The van der Waals surface area contributed by atoms with Gasteiger partial charge in [0.25, 0.3) is 0 Å². The Morgan fingerprint density at radius 1 is 1.24 bits per heavy atom. The van der Waals surface area contributed by atoms with Crippen molar-refractivity contribution in [2.24, 2.45) is 5.41 Å². The number of benzene rings is 1. The molecule has 1 aromatic rings. The van der Waals surface area contributed by atoms with Gasteiger partial charge in [-0.05, 0) is 49.4 Å². The molecule has 2 heterocycles. The van der Waals surface area contributed by atoms with Crippen LogP contribution in [0.2, 0.25) is 0 Å². The van der Waals surface area contributed by atoms with Crippen LogP contribution in [0.15, 0.2) is 18.2 Å². The Kier molecular flexibility index (Phi) is 3.47. The number of rotatable bonds is 3. The van der Waals surface area contributed by atoms with E-state index in [1.165, 1.54) is 10.5 Å². The highest BCUT2D eigenvalue weighted by Gasteiger charge is 2.49. The van der Waals surface area contributed by atoms with Crippen LogP contribution in [0.3, 0.4) is 0 Å². The third-order valence-corrected chi connectivity index (χ3v) is 5.03. The molecule has 2 aliphatic heterocycles. The summed E-state index contributed by atoms with van der Waals surface area (Å²) in [7, 11) is 0. The lowest BCUT2D eigenvalue weighted by Crippen LogP contribution is -2.35. The van der Waals surface area contributed by atoms with Crippen molar-refractivity contribution < 1.29 is 9.59 Å². The van der Waals surface area contributed by atoms with Gasteiger partial charge in [0.05, 0.1) is 11.1 Å². The predicted octanol–water partition coefficient (Wildman–Crippen LogP) is 3.11. The fourth-order valence-corrected chi connectivity index (χ4v) is 3.46. The Morgan fingerprint density at radius 3 is 2.67 bits per heavy atom. The van der Waals surface area contributed by atoms with Crippen molar-refractivity contribution in [1.82, 2.24) is 0 Å². The lowest BCUT2D eigenvalue weighted by molar-refractivity contribution is -0.126. The van der Waals surface area contributed by atoms with E-state index in [4.69, 9.17) is 0 Å². The van der Waals surface area contributed by atoms with Crippen molar-refractivity contribution in [1.29, 1.82) is 0 Å². The van der Waals surface area contributed by atoms with Gasteiger partial charge in [-0.25, -0.2) is 0 Å². The molecule has 1 saturated heterocycles. The first-order valence-corrected chi connectivity index (χ1v) is 7.85. The van der Waals surface area contributed by atoms with E-state index >= 15 is 0 Å². The summed E-state index contributed by atoms with van der Waals surface area (Å²) in [4.78, 5) is 26.5. The summed E-state index contributed by atoms with van der Waals surface area (Å²) in [6, 6.07) is 5.87. The first kappa shape index (κ1) is 14.1. The SMILES string of the molecule is CCC1(CC)CC(=O)N(c2ccc3c(c2)CCCN3)C1=O. The van der Waals surface area contributed by atoms with Crippen LogP contribution in [0.5, 0.6) is 0 Å². The van der Waals surface area contributed by atoms with Crippen molar-refractivity contribution in [3.8, 4) is 0 Å². The quantitative estimate of drug-likeness (QED) is 0.869. The van der Waals surface area contributed by atoms with Gasteiger partial charge in [-0.3, -0.25) is 14.5 Å². The lowest BCUT2D eigenvalue weighted by Gasteiger charge is -2.25. The standard InChI is InChI=1S/C17H22N2O2/c1-3-17(4-2)11-15(20)19(16(17)21)13-7-8-14-12(10-13)6-5-9-18-14/h7-8,10,18H,3-6,9,11H2,1-2H3. The molecule has 3 rings (SSSR count). The van der Waals surface area contributed by atoms with Crippen LogP contribution in [0.25, 0.3) is 0 Å². The molecule has 2 amide bonds. The summed E-state index contributed by atoms with van der Waals surface area (Å²) in [5.74, 6) is -0.0892. The van der Waals surface area contributed by atoms with E-state index in [0.717, 1.165) is 43.6 Å². The molecular formula is C17H22N2O2. The van der Waals surface area contributed by atoms with Crippen molar-refractivity contribution in [3.63, 3.8) is 0 Å². The van der Waals surface area contributed by atoms with Gasteiger partial charge in [-0.1, -0.05) is 13.8 Å². The Hall–Kier alpha value is -1.84. The van der Waals surface area contributed by atoms with Crippen LogP contribution >= 0.6 is 0 Å². The molecule has 0 aliphatic carbocycles. The van der Waals surface area contributed by atoms with Crippen LogP contribution in [0.1, 0.15) is 45.1 Å². The minimum atomic E-state index is -0.495. The van der Waals surface area contributed by atoms with Gasteiger partial charge >= 0.3 is 0 Å². The number of carbonyl (C=O) groups excluding carboxylic acids is 2. The summed E-state index contributed by atoms with van der Waals surface area (Å²) >= 11 is 0. The minimum absolute atomic E-state index is 0.0266. The van der Waals surface area contributed by atoms with Gasteiger partial charge in [0.15, 0.2) is 0 Å². The molecule has 0 radical (unpaired) electrons. The Morgan fingerprint density at radius 2 is 2.00 bits per heavy atom. The zero-order valence-electron chi connectivity index (χ0n) is 12.7. The molecule has 0 bridgehead atoms. The van der Waals surface area contributed by atoms with Gasteiger partial charge in [-0.2, -0.15) is 0 Å². The van der Waals surface area contributed by atoms with Crippen molar-refractivity contribution in [2.45, 2.75) is 46.0 Å². The van der Waals surface area contributed by atoms with E-state index in [9.17, 15) is 9.59 Å². The number of hydrogen-bond donors (Lipinski definition) is 1. The maximum Gasteiger partial charge on any atom is 0.240 e. The van der Waals surface area contributed by atoms with E-state index in [0.29, 0.717) is 6.42 Å². The number of nitrogens with zero attached hydrogens (tertiary/aromatic N) is 1. The number of nitrogens with one attached hydrogen (secondary N) is 1. The Bertz CT molecular complexity index is 590. The number of aryl methyl sites for hydroxylation is 1. The number of hydrogen-bond acceptors (Lipinski definition) is 3. The highest BCUT2D eigenvalue weighted by atomic mass is 16.2. The van der Waals surface area contributed by atoms with E-state index in [-0.39, 0.29) is 11.8 Å². The molecule has 0 aromatic heterocycles. The number of amides is 2. The predicted molar refractivity (Wildman–Crippen MR) is 83.4 cm³/mol. The molecule has 4 nitrogen and oxygen atoms in total. The van der Waals surface area contributed by atoms with Crippen LogP contribution < -0.4 is 10.2 Å². The van der Waals surface area contributed by atoms with Crippen LogP contribution in [0, 0.1) is 5.41 Å². The molecular weight excluding hydrogens is 264 g/mol. The normalized spacial score (nSPS) is 20.4. The molecule has 21 heavy (non-hydrogen) atoms. The molecule has 0 saturated carbocycles. The third-order valence-electron chi connectivity index (χ3n) is 5.03. The fraction of sp³-hybridized carbons (Fsp3) is 0.529. The van der Waals surface area contributed by atoms with E-state index < -0.39 is 5.41 Å². The Balaban J connectivity index is 1.97. The highest BCUT2D eigenvalue weighted by molar-refractivity contribution is 6.22. The summed E-state index contributed by atoms with van der Waals surface area (Å²) in [5.41, 5.74) is 2.56. The first-order chi connectivity index (χ1) is 10.1. The summed E-state index contributed by atoms with van der Waals surface area (Å²) in [5, 5.41) is 3.35. The number of carbonyl (C=O) groups is 2. The molecule has 1 N–H and O–H groups in total. The molecule has 0 spiro atoms. The van der Waals surface area contributed by atoms with E-state index in [1.54, 1.807) is 0 Å². The van der Waals surface area contributed by atoms with Gasteiger partial charge in [0, 0.05) is 18.7 Å². The lowest BCUT2D eigenvalue weighted by atomic mass is 9.81. The number of imide groups is 1. The third kappa shape index (κ3) is 2.13. The summed E-state index contributed by atoms with van der Waals surface area (Å²) in [6.07, 6.45) is 3.87. The van der Waals surface area contributed by atoms with Crippen LogP contribution in [-0.4, -0.2) is 18.4 Å². The average Bonchev–Trinajstić information content (AvgIpc) is 2.78. The molecule has 2 aliphatic rings. The highest BCUT2D eigenvalue weighted by Crippen LogP contribution is 2.41. The van der Waals surface area contributed by atoms with Crippen molar-refractivity contribution in [3.05, 3.63) is 23.8 Å². The minimum Gasteiger partial charge on any atom is -0.385 e. The van der Waals surface area contributed by atoms with Gasteiger partial charge in [-0.15, -0.1) is 0 Å². The second-order valence-electron chi connectivity index (χ2n) is 6.07. The monoisotopic (exact) mass is 286 g/mol. The molecule has 1 aromatic carbocycles. The second kappa shape index (κ2) is 5.17. The van der Waals surface area contributed by atoms with Gasteiger partial charge < -0.3 is 5.32 Å². The topological polar surface area (TPSA) is 49.4 Å². The summed E-state index contributed by atoms with van der Waals surface area (Å²) < 4.78 is 0. The first-order valence-electron chi connectivity index (χ1n) is 7.85. The van der Waals surface area contributed by atoms with Gasteiger partial charge in [0.2, 0.25) is 11.8 Å². The largest absolute Gasteiger partial charge is 0.385 e. The van der Waals surface area contributed by atoms with E-state index in [1.807, 2.05) is 32.0 Å². The van der Waals surface area contributed by atoms with E-state index in [2.05, 4.69) is 5.32 Å². The second-order valence-corrected chi connectivity index (χ2v) is 6.07. The number of anilines is 2. The van der Waals surface area contributed by atoms with Crippen molar-refractivity contribution >= 4 is 23.2 Å². The molecule has 112 valence electrons. The zero-order chi connectivity index (χ0) is 15.0. The summed E-state index contributed by atoms with van der Waals surface area (Å²) in [6.45, 7) is 4.98. The maximum atomic E-state index is 12.8. The van der Waals surface area contributed by atoms with Crippen LogP contribution in [0.4, 0.5) is 11.4 Å². The Labute approximate surface area is 125 Å². The van der Waals surface area contributed by atoms with Crippen molar-refractivity contribution in [2.75, 3.05) is 16.8 Å². The van der Waals surface area contributed by atoms with Gasteiger partial charge in [0.1, 0.15) is 0 Å². The molecule has 0 unspecified atom stereocenters. The smallest absolute Gasteiger partial charge is 0.240 e. The maximum absolute atomic E-state index is 12.8. The number of fused-ring (bicyclic) bond motifs is 1. The molecule has 4 heteroatoms. The fourth-order valence-electron chi connectivity index (χ4n) is 3.46.